The van der Waals surface area contributed by atoms with Crippen molar-refractivity contribution in [2.45, 2.75) is 13.0 Å². The van der Waals surface area contributed by atoms with E-state index in [9.17, 15) is 9.59 Å². The molecule has 0 unspecified atom stereocenters. The average Bonchev–Trinajstić information content (AvgIpc) is 2.58. The SMILES string of the molecule is C[C@H](Oc1ccc(Cl)cc1)C(=O)OCC(=O)Nc1cc(Cl)ccc1Cl. The second-order valence-electron chi connectivity index (χ2n) is 4.99. The zero-order valence-electron chi connectivity index (χ0n) is 13.1. The maximum absolute atomic E-state index is 11.9. The highest BCUT2D eigenvalue weighted by Crippen LogP contribution is 2.25. The Morgan fingerprint density at radius 1 is 1.04 bits per heavy atom. The molecule has 132 valence electrons. The van der Waals surface area contributed by atoms with E-state index in [1.165, 1.54) is 13.0 Å². The highest BCUT2D eigenvalue weighted by Gasteiger charge is 2.18. The van der Waals surface area contributed by atoms with Crippen molar-refractivity contribution in [2.75, 3.05) is 11.9 Å². The summed E-state index contributed by atoms with van der Waals surface area (Å²) >= 11 is 17.6. The van der Waals surface area contributed by atoms with Crippen molar-refractivity contribution in [2.24, 2.45) is 0 Å². The number of hydrogen-bond donors (Lipinski definition) is 1. The molecule has 2 rings (SSSR count). The van der Waals surface area contributed by atoms with E-state index in [1.54, 1.807) is 36.4 Å². The van der Waals surface area contributed by atoms with Crippen LogP contribution in [0.15, 0.2) is 42.5 Å². The number of nitrogens with one attached hydrogen (secondary N) is 1. The standard InChI is InChI=1S/C17H14Cl3NO4/c1-10(25-13-5-2-11(18)3-6-13)17(23)24-9-16(22)21-15-8-12(19)4-7-14(15)20/h2-8,10H,9H2,1H3,(H,21,22)/t10-/m0/s1. The summed E-state index contributed by atoms with van der Waals surface area (Å²) < 4.78 is 10.3. The number of amides is 1. The van der Waals surface area contributed by atoms with Gasteiger partial charge in [0.05, 0.1) is 10.7 Å². The molecule has 0 fully saturated rings. The van der Waals surface area contributed by atoms with Crippen LogP contribution in [-0.4, -0.2) is 24.6 Å². The van der Waals surface area contributed by atoms with E-state index >= 15 is 0 Å². The van der Waals surface area contributed by atoms with Crippen molar-refractivity contribution < 1.29 is 19.1 Å². The fraction of sp³-hybridized carbons (Fsp3) is 0.176. The quantitative estimate of drug-likeness (QED) is 0.717. The normalized spacial score (nSPS) is 11.5. The van der Waals surface area contributed by atoms with E-state index in [4.69, 9.17) is 44.3 Å². The van der Waals surface area contributed by atoms with Gasteiger partial charge < -0.3 is 14.8 Å². The molecule has 0 saturated carbocycles. The molecule has 0 bridgehead atoms. The summed E-state index contributed by atoms with van der Waals surface area (Å²) in [7, 11) is 0. The molecule has 0 aliphatic heterocycles. The van der Waals surface area contributed by atoms with Gasteiger partial charge >= 0.3 is 5.97 Å². The van der Waals surface area contributed by atoms with E-state index in [-0.39, 0.29) is 0 Å². The van der Waals surface area contributed by atoms with Gasteiger partial charge in [0.25, 0.3) is 5.91 Å². The monoisotopic (exact) mass is 401 g/mol. The summed E-state index contributed by atoms with van der Waals surface area (Å²) in [4.78, 5) is 23.7. The zero-order chi connectivity index (χ0) is 18.4. The lowest BCUT2D eigenvalue weighted by Gasteiger charge is -2.14. The molecule has 1 N–H and O–H groups in total. The molecular weight excluding hydrogens is 389 g/mol. The Morgan fingerprint density at radius 3 is 2.36 bits per heavy atom. The Bertz CT molecular complexity index is 765. The number of carbonyl (C=O) groups is 2. The molecule has 25 heavy (non-hydrogen) atoms. The number of anilines is 1. The van der Waals surface area contributed by atoms with Crippen molar-refractivity contribution in [3.05, 3.63) is 57.5 Å². The minimum atomic E-state index is -0.885. The van der Waals surface area contributed by atoms with E-state index in [0.717, 1.165) is 0 Å². The molecular formula is C17H14Cl3NO4. The summed E-state index contributed by atoms with van der Waals surface area (Å²) in [5.41, 5.74) is 0.334. The molecule has 0 aromatic heterocycles. The first-order valence-corrected chi connectivity index (χ1v) is 8.32. The van der Waals surface area contributed by atoms with Gasteiger partial charge in [0, 0.05) is 10.0 Å². The van der Waals surface area contributed by atoms with E-state index in [2.05, 4.69) is 5.32 Å². The number of carbonyl (C=O) groups excluding carboxylic acids is 2. The highest BCUT2D eigenvalue weighted by molar-refractivity contribution is 6.35. The molecule has 0 saturated heterocycles. The molecule has 0 heterocycles. The van der Waals surface area contributed by atoms with Crippen LogP contribution in [0.5, 0.6) is 5.75 Å². The number of halogens is 3. The van der Waals surface area contributed by atoms with Gasteiger partial charge in [-0.05, 0) is 49.4 Å². The molecule has 8 heteroatoms. The van der Waals surface area contributed by atoms with Crippen LogP contribution in [0.4, 0.5) is 5.69 Å². The maximum Gasteiger partial charge on any atom is 0.347 e. The van der Waals surface area contributed by atoms with Gasteiger partial charge in [-0.25, -0.2) is 4.79 Å². The first-order valence-electron chi connectivity index (χ1n) is 7.19. The van der Waals surface area contributed by atoms with Crippen LogP contribution in [0.25, 0.3) is 0 Å². The second-order valence-corrected chi connectivity index (χ2v) is 6.27. The number of benzene rings is 2. The van der Waals surface area contributed by atoms with Crippen LogP contribution in [0.1, 0.15) is 6.92 Å². The minimum absolute atomic E-state index is 0.323. The summed E-state index contributed by atoms with van der Waals surface area (Å²) in [6, 6.07) is 11.2. The molecule has 1 atom stereocenters. The molecule has 0 radical (unpaired) electrons. The van der Waals surface area contributed by atoms with Crippen molar-refractivity contribution in [1.82, 2.24) is 0 Å². The Labute approximate surface area is 159 Å². The number of hydrogen-bond acceptors (Lipinski definition) is 4. The Balaban J connectivity index is 1.83. The number of rotatable bonds is 6. The van der Waals surface area contributed by atoms with E-state index < -0.39 is 24.6 Å². The van der Waals surface area contributed by atoms with E-state index in [1.807, 2.05) is 0 Å². The fourth-order valence-electron chi connectivity index (χ4n) is 1.80. The topological polar surface area (TPSA) is 64.6 Å². The summed E-state index contributed by atoms with van der Waals surface area (Å²) in [6.45, 7) is 1.04. The summed E-state index contributed by atoms with van der Waals surface area (Å²) in [5.74, 6) is -0.762. The summed E-state index contributed by atoms with van der Waals surface area (Å²) in [5, 5.41) is 3.81. The van der Waals surface area contributed by atoms with Gasteiger partial charge in [0.15, 0.2) is 12.7 Å². The first-order chi connectivity index (χ1) is 11.8. The molecule has 0 aliphatic rings. The minimum Gasteiger partial charge on any atom is -0.479 e. The molecule has 2 aromatic rings. The highest BCUT2D eigenvalue weighted by atomic mass is 35.5. The second kappa shape index (κ2) is 8.94. The zero-order valence-corrected chi connectivity index (χ0v) is 15.4. The van der Waals surface area contributed by atoms with Crippen LogP contribution < -0.4 is 10.1 Å². The van der Waals surface area contributed by atoms with Crippen LogP contribution in [0.3, 0.4) is 0 Å². The van der Waals surface area contributed by atoms with Crippen molar-refractivity contribution in [3.8, 4) is 5.75 Å². The Hall–Kier alpha value is -1.95. The van der Waals surface area contributed by atoms with Gasteiger partial charge in [-0.15, -0.1) is 0 Å². The first kappa shape index (κ1) is 19.4. The predicted molar refractivity (Wildman–Crippen MR) is 97.6 cm³/mol. The largest absolute Gasteiger partial charge is 0.479 e. The van der Waals surface area contributed by atoms with Crippen molar-refractivity contribution in [3.63, 3.8) is 0 Å². The number of ether oxygens (including phenoxy) is 2. The maximum atomic E-state index is 11.9. The van der Waals surface area contributed by atoms with Crippen molar-refractivity contribution >= 4 is 52.4 Å². The smallest absolute Gasteiger partial charge is 0.347 e. The third-order valence-corrected chi connectivity index (χ3v) is 3.82. The lowest BCUT2D eigenvalue weighted by atomic mass is 10.3. The molecule has 0 aliphatic carbocycles. The molecule has 5 nitrogen and oxygen atoms in total. The lowest BCUT2D eigenvalue weighted by molar-refractivity contribution is -0.153. The van der Waals surface area contributed by atoms with Crippen LogP contribution >= 0.6 is 34.8 Å². The van der Waals surface area contributed by atoms with Crippen LogP contribution in [-0.2, 0) is 14.3 Å². The third-order valence-electron chi connectivity index (χ3n) is 3.01. The Kier molecular flexibility index (Phi) is 6.93. The predicted octanol–water partition coefficient (Wildman–Crippen LogP) is 4.60. The van der Waals surface area contributed by atoms with Gasteiger partial charge in [0.1, 0.15) is 5.75 Å². The van der Waals surface area contributed by atoms with Gasteiger partial charge in [-0.3, -0.25) is 4.79 Å². The van der Waals surface area contributed by atoms with Crippen LogP contribution in [0, 0.1) is 0 Å². The van der Waals surface area contributed by atoms with Crippen LogP contribution in [0.2, 0.25) is 15.1 Å². The lowest BCUT2D eigenvalue weighted by Crippen LogP contribution is -2.29. The Morgan fingerprint density at radius 2 is 1.68 bits per heavy atom. The van der Waals surface area contributed by atoms with E-state index in [0.29, 0.717) is 26.5 Å². The van der Waals surface area contributed by atoms with Crippen molar-refractivity contribution in [1.29, 1.82) is 0 Å². The number of esters is 1. The van der Waals surface area contributed by atoms with Gasteiger partial charge in [-0.2, -0.15) is 0 Å². The fourth-order valence-corrected chi connectivity index (χ4v) is 2.26. The average molecular weight is 403 g/mol. The van der Waals surface area contributed by atoms with Gasteiger partial charge in [0.2, 0.25) is 0 Å². The molecule has 1 amide bonds. The van der Waals surface area contributed by atoms with Gasteiger partial charge in [-0.1, -0.05) is 34.8 Å². The molecule has 2 aromatic carbocycles. The third kappa shape index (κ3) is 6.12. The summed E-state index contributed by atoms with van der Waals surface area (Å²) in [6.07, 6.45) is -0.885. The molecule has 0 spiro atoms.